The molecule has 0 atom stereocenters. The second-order valence-corrected chi connectivity index (χ2v) is 5.25. The third kappa shape index (κ3) is 6.83. The summed E-state index contributed by atoms with van der Waals surface area (Å²) in [7, 11) is 0. The summed E-state index contributed by atoms with van der Waals surface area (Å²) in [6, 6.07) is 9.16. The van der Waals surface area contributed by atoms with E-state index in [0.717, 1.165) is 0 Å². The zero-order valence-electron chi connectivity index (χ0n) is 12.3. The molecule has 0 bridgehead atoms. The van der Waals surface area contributed by atoms with E-state index in [4.69, 9.17) is 0 Å². The van der Waals surface area contributed by atoms with E-state index >= 15 is 0 Å². The second-order valence-electron chi connectivity index (χ2n) is 5.25. The highest BCUT2D eigenvalue weighted by Crippen LogP contribution is 2.13. The van der Waals surface area contributed by atoms with Gasteiger partial charge >= 0.3 is 0 Å². The molecule has 0 aromatic heterocycles. The molecule has 1 aromatic carbocycles. The van der Waals surface area contributed by atoms with Gasteiger partial charge in [-0.05, 0) is 36.8 Å². The van der Waals surface area contributed by atoms with Crippen molar-refractivity contribution in [1.82, 2.24) is 0 Å². The Morgan fingerprint density at radius 3 is 2.11 bits per heavy atom. The van der Waals surface area contributed by atoms with Crippen LogP contribution in [0, 0.1) is 6.42 Å². The summed E-state index contributed by atoms with van der Waals surface area (Å²) in [6.45, 7) is 4.53. The number of hydrogen-bond donors (Lipinski definition) is 0. The molecule has 101 valence electrons. The van der Waals surface area contributed by atoms with Gasteiger partial charge in [-0.3, -0.25) is 0 Å². The van der Waals surface area contributed by atoms with Crippen LogP contribution >= 0.6 is 0 Å². The molecule has 0 saturated heterocycles. The average Bonchev–Trinajstić information content (AvgIpc) is 2.40. The summed E-state index contributed by atoms with van der Waals surface area (Å²) in [5.41, 5.74) is 2.89. The highest BCUT2D eigenvalue weighted by Gasteiger charge is 1.96. The van der Waals surface area contributed by atoms with Crippen molar-refractivity contribution < 1.29 is 0 Å². The first-order valence-electron chi connectivity index (χ1n) is 7.79. The topological polar surface area (TPSA) is 0 Å². The lowest BCUT2D eigenvalue weighted by molar-refractivity contribution is 0.665. The van der Waals surface area contributed by atoms with E-state index in [9.17, 15) is 0 Å². The molecule has 1 rings (SSSR count). The third-order valence-corrected chi connectivity index (χ3v) is 3.49. The van der Waals surface area contributed by atoms with Gasteiger partial charge in [0.1, 0.15) is 0 Å². The highest BCUT2D eigenvalue weighted by molar-refractivity contribution is 5.27. The van der Waals surface area contributed by atoms with Gasteiger partial charge in [0.05, 0.1) is 0 Å². The third-order valence-electron chi connectivity index (χ3n) is 3.49. The van der Waals surface area contributed by atoms with Crippen LogP contribution in [0.4, 0.5) is 0 Å². The first-order chi connectivity index (χ1) is 8.86. The molecular formula is C18H29. The second kappa shape index (κ2) is 10.2. The maximum atomic E-state index is 2.38. The minimum absolute atomic E-state index is 1.23. The normalized spacial score (nSPS) is 10.8. The van der Waals surface area contributed by atoms with E-state index in [-0.39, 0.29) is 0 Å². The zero-order chi connectivity index (χ0) is 13.1. The Morgan fingerprint density at radius 1 is 0.778 bits per heavy atom. The van der Waals surface area contributed by atoms with Gasteiger partial charge in [-0.15, -0.1) is 0 Å². The first kappa shape index (κ1) is 15.3. The van der Waals surface area contributed by atoms with E-state index in [1.807, 2.05) is 0 Å². The van der Waals surface area contributed by atoms with Gasteiger partial charge in [0, 0.05) is 0 Å². The van der Waals surface area contributed by atoms with Gasteiger partial charge in [0.2, 0.25) is 0 Å². The molecule has 1 aromatic rings. The van der Waals surface area contributed by atoms with E-state index in [1.165, 1.54) is 68.9 Å². The van der Waals surface area contributed by atoms with Gasteiger partial charge in [-0.25, -0.2) is 0 Å². The maximum Gasteiger partial charge on any atom is -0.00931 e. The first-order valence-corrected chi connectivity index (χ1v) is 7.79. The van der Waals surface area contributed by atoms with Crippen LogP contribution in [0.5, 0.6) is 0 Å². The summed E-state index contributed by atoms with van der Waals surface area (Å²) < 4.78 is 0. The van der Waals surface area contributed by atoms with Gasteiger partial charge in [0.25, 0.3) is 0 Å². The minimum atomic E-state index is 1.23. The maximum absolute atomic E-state index is 2.38. The molecule has 0 heteroatoms. The predicted molar refractivity (Wildman–Crippen MR) is 81.8 cm³/mol. The fourth-order valence-corrected chi connectivity index (χ4v) is 2.24. The smallest absolute Gasteiger partial charge is 0.00931 e. The van der Waals surface area contributed by atoms with Crippen LogP contribution in [-0.4, -0.2) is 0 Å². The van der Waals surface area contributed by atoms with Gasteiger partial charge in [-0.2, -0.15) is 0 Å². The largest absolute Gasteiger partial charge is 0.0654 e. The standard InChI is InChI=1S/C18H29/c1-3-5-7-8-10-12-18-15-13-17(14-16-18)11-9-6-4-2/h12-16H,3-11H2,1-2H3. The molecule has 0 heterocycles. The lowest BCUT2D eigenvalue weighted by Gasteiger charge is -2.04. The molecule has 0 aliphatic heterocycles. The van der Waals surface area contributed by atoms with Crippen LogP contribution in [0.1, 0.15) is 76.3 Å². The Labute approximate surface area is 114 Å². The molecule has 0 unspecified atom stereocenters. The molecule has 1 radical (unpaired) electrons. The monoisotopic (exact) mass is 245 g/mol. The lowest BCUT2D eigenvalue weighted by Crippen LogP contribution is -1.88. The van der Waals surface area contributed by atoms with Crippen LogP contribution < -0.4 is 0 Å². The van der Waals surface area contributed by atoms with Crippen molar-refractivity contribution in [3.8, 4) is 0 Å². The van der Waals surface area contributed by atoms with Crippen LogP contribution in [-0.2, 0) is 6.42 Å². The molecule has 0 nitrogen and oxygen atoms in total. The van der Waals surface area contributed by atoms with Crippen molar-refractivity contribution in [2.45, 2.75) is 71.6 Å². The zero-order valence-corrected chi connectivity index (χ0v) is 12.3. The molecule has 0 saturated carbocycles. The van der Waals surface area contributed by atoms with Gasteiger partial charge in [0.15, 0.2) is 0 Å². The van der Waals surface area contributed by atoms with Gasteiger partial charge in [-0.1, -0.05) is 76.6 Å². The fraction of sp³-hybridized carbons (Fsp3) is 0.611. The SMILES string of the molecule is CCCCCC[CH]c1ccc(CCCCC)cc1. The molecule has 18 heavy (non-hydrogen) atoms. The van der Waals surface area contributed by atoms with E-state index in [2.05, 4.69) is 44.5 Å². The van der Waals surface area contributed by atoms with Crippen LogP contribution in [0.3, 0.4) is 0 Å². The van der Waals surface area contributed by atoms with Crippen molar-refractivity contribution in [3.63, 3.8) is 0 Å². The predicted octanol–water partition coefficient (Wildman–Crippen LogP) is 5.94. The van der Waals surface area contributed by atoms with Crippen molar-refractivity contribution in [1.29, 1.82) is 0 Å². The Bertz CT molecular complexity index is 283. The quantitative estimate of drug-likeness (QED) is 0.447. The summed E-state index contributed by atoms with van der Waals surface area (Å²) in [4.78, 5) is 0. The van der Waals surface area contributed by atoms with E-state index in [1.54, 1.807) is 0 Å². The number of rotatable bonds is 10. The number of aryl methyl sites for hydroxylation is 1. The molecule has 0 aliphatic carbocycles. The highest BCUT2D eigenvalue weighted by atomic mass is 14.0. The molecule has 0 spiro atoms. The summed E-state index contributed by atoms with van der Waals surface area (Å²) >= 11 is 0. The summed E-state index contributed by atoms with van der Waals surface area (Å²) in [6.07, 6.45) is 14.3. The Morgan fingerprint density at radius 2 is 1.44 bits per heavy atom. The van der Waals surface area contributed by atoms with Crippen LogP contribution in [0.15, 0.2) is 24.3 Å². The number of hydrogen-bond acceptors (Lipinski definition) is 0. The van der Waals surface area contributed by atoms with E-state index < -0.39 is 0 Å². The Hall–Kier alpha value is -0.780. The van der Waals surface area contributed by atoms with Gasteiger partial charge < -0.3 is 0 Å². The Balaban J connectivity index is 2.19. The van der Waals surface area contributed by atoms with Crippen molar-refractivity contribution in [2.75, 3.05) is 0 Å². The van der Waals surface area contributed by atoms with Crippen LogP contribution in [0.2, 0.25) is 0 Å². The fourth-order valence-electron chi connectivity index (χ4n) is 2.24. The molecular weight excluding hydrogens is 216 g/mol. The molecule has 0 fully saturated rings. The summed E-state index contributed by atoms with van der Waals surface area (Å²) in [5, 5.41) is 0. The summed E-state index contributed by atoms with van der Waals surface area (Å²) in [5.74, 6) is 0. The number of benzene rings is 1. The van der Waals surface area contributed by atoms with Crippen molar-refractivity contribution >= 4 is 0 Å². The molecule has 0 aliphatic rings. The average molecular weight is 245 g/mol. The number of unbranched alkanes of at least 4 members (excludes halogenated alkanes) is 6. The van der Waals surface area contributed by atoms with Crippen LogP contribution in [0.25, 0.3) is 0 Å². The van der Waals surface area contributed by atoms with E-state index in [0.29, 0.717) is 0 Å². The molecule has 0 amide bonds. The minimum Gasteiger partial charge on any atom is -0.0654 e. The Kier molecular flexibility index (Phi) is 8.63. The lowest BCUT2D eigenvalue weighted by atomic mass is 10.0. The van der Waals surface area contributed by atoms with Crippen molar-refractivity contribution in [3.05, 3.63) is 41.8 Å². The van der Waals surface area contributed by atoms with Crippen molar-refractivity contribution in [2.24, 2.45) is 0 Å². The molecule has 0 N–H and O–H groups in total.